The highest BCUT2D eigenvalue weighted by Gasteiger charge is 2.06. The molecular weight excluding hydrogens is 280 g/mol. The third-order valence-corrected chi connectivity index (χ3v) is 4.14. The minimum absolute atomic E-state index is 0.422. The molecule has 1 N–H and O–H groups in total. The van der Waals surface area contributed by atoms with Gasteiger partial charge in [-0.05, 0) is 36.9 Å². The van der Waals surface area contributed by atoms with Gasteiger partial charge in [0.25, 0.3) is 0 Å². The summed E-state index contributed by atoms with van der Waals surface area (Å²) in [5, 5.41) is 14.4. The van der Waals surface area contributed by atoms with E-state index in [-0.39, 0.29) is 0 Å². The first-order valence-corrected chi connectivity index (χ1v) is 7.91. The second-order valence-electron chi connectivity index (χ2n) is 5.03. The average molecular weight is 298 g/mol. The molecule has 0 aliphatic carbocycles. The molecule has 0 aliphatic heterocycles. The van der Waals surface area contributed by atoms with Crippen LogP contribution in [-0.4, -0.2) is 21.0 Å². The monoisotopic (exact) mass is 298 g/mol. The van der Waals surface area contributed by atoms with Gasteiger partial charge in [-0.1, -0.05) is 24.3 Å². The Kier molecular flexibility index (Phi) is 4.43. The van der Waals surface area contributed by atoms with E-state index in [1.807, 2.05) is 36.5 Å². The van der Waals surface area contributed by atoms with Gasteiger partial charge in [0, 0.05) is 17.5 Å². The summed E-state index contributed by atoms with van der Waals surface area (Å²) in [4.78, 5) is 3.07. The molecule has 3 aromatic rings. The highest BCUT2D eigenvalue weighted by Crippen LogP contribution is 2.11. The van der Waals surface area contributed by atoms with Crippen LogP contribution in [-0.2, 0) is 13.0 Å². The second-order valence-corrected chi connectivity index (χ2v) is 6.06. The number of thiophene rings is 1. The summed E-state index contributed by atoms with van der Waals surface area (Å²) in [5.74, 6) is 0. The molecule has 1 atom stereocenters. The van der Waals surface area contributed by atoms with Crippen molar-refractivity contribution in [3.05, 3.63) is 64.6 Å². The number of rotatable bonds is 6. The molecule has 1 aromatic carbocycles. The van der Waals surface area contributed by atoms with Crippen LogP contribution in [0.1, 0.15) is 17.5 Å². The minimum Gasteiger partial charge on any atom is -0.308 e. The van der Waals surface area contributed by atoms with E-state index in [1.165, 1.54) is 4.88 Å². The van der Waals surface area contributed by atoms with Crippen LogP contribution in [0.15, 0.2) is 54.0 Å². The van der Waals surface area contributed by atoms with E-state index in [4.69, 9.17) is 0 Å². The number of nitrogens with zero attached hydrogens (tertiary/aromatic N) is 3. The molecule has 2 heterocycles. The van der Waals surface area contributed by atoms with Crippen molar-refractivity contribution >= 4 is 11.3 Å². The minimum atomic E-state index is 0.422. The van der Waals surface area contributed by atoms with Gasteiger partial charge in [-0.25, -0.2) is 0 Å². The lowest BCUT2D eigenvalue weighted by Gasteiger charge is -2.11. The van der Waals surface area contributed by atoms with Gasteiger partial charge in [0.15, 0.2) is 0 Å². The van der Waals surface area contributed by atoms with E-state index in [9.17, 15) is 0 Å². The third-order valence-electron chi connectivity index (χ3n) is 3.25. The van der Waals surface area contributed by atoms with Crippen LogP contribution in [0, 0.1) is 0 Å². The Bertz CT molecular complexity index is 661. The van der Waals surface area contributed by atoms with Crippen LogP contribution in [0.2, 0.25) is 0 Å². The molecule has 4 nitrogen and oxygen atoms in total. The van der Waals surface area contributed by atoms with Gasteiger partial charge in [-0.2, -0.15) is 15.0 Å². The predicted molar refractivity (Wildman–Crippen MR) is 85.7 cm³/mol. The van der Waals surface area contributed by atoms with Gasteiger partial charge in [0.05, 0.1) is 17.6 Å². The molecule has 0 aliphatic rings. The predicted octanol–water partition coefficient (Wildman–Crippen LogP) is 3.05. The first-order valence-electron chi connectivity index (χ1n) is 7.03. The molecular formula is C16H18N4S. The van der Waals surface area contributed by atoms with Crippen molar-refractivity contribution in [2.75, 3.05) is 0 Å². The zero-order chi connectivity index (χ0) is 14.5. The van der Waals surface area contributed by atoms with E-state index in [0.29, 0.717) is 6.04 Å². The van der Waals surface area contributed by atoms with E-state index in [2.05, 4.69) is 40.0 Å². The summed E-state index contributed by atoms with van der Waals surface area (Å²) >= 11 is 1.80. The maximum atomic E-state index is 4.50. The molecule has 0 radical (unpaired) electrons. The third kappa shape index (κ3) is 3.77. The van der Waals surface area contributed by atoms with E-state index < -0.39 is 0 Å². The molecule has 3 rings (SSSR count). The Morgan fingerprint density at radius 2 is 2.05 bits per heavy atom. The molecule has 2 aromatic heterocycles. The smallest absolute Gasteiger partial charge is 0.0969 e. The van der Waals surface area contributed by atoms with Crippen LogP contribution in [0.5, 0.6) is 0 Å². The number of hydrogen-bond acceptors (Lipinski definition) is 4. The van der Waals surface area contributed by atoms with Gasteiger partial charge in [-0.3, -0.25) is 0 Å². The quantitative estimate of drug-likeness (QED) is 0.760. The van der Waals surface area contributed by atoms with Crippen molar-refractivity contribution in [1.29, 1.82) is 0 Å². The lowest BCUT2D eigenvalue weighted by molar-refractivity contribution is 0.540. The molecule has 0 amide bonds. The maximum Gasteiger partial charge on any atom is 0.0969 e. The second kappa shape index (κ2) is 6.65. The van der Waals surface area contributed by atoms with Crippen LogP contribution in [0.4, 0.5) is 0 Å². The summed E-state index contributed by atoms with van der Waals surface area (Å²) in [7, 11) is 0. The van der Waals surface area contributed by atoms with Crippen LogP contribution in [0.3, 0.4) is 0 Å². The fourth-order valence-electron chi connectivity index (χ4n) is 2.14. The lowest BCUT2D eigenvalue weighted by Crippen LogP contribution is -2.27. The van der Waals surface area contributed by atoms with Crippen molar-refractivity contribution in [1.82, 2.24) is 20.3 Å². The van der Waals surface area contributed by atoms with E-state index in [0.717, 1.165) is 24.3 Å². The highest BCUT2D eigenvalue weighted by atomic mass is 32.1. The van der Waals surface area contributed by atoms with Crippen molar-refractivity contribution in [2.45, 2.75) is 25.9 Å². The van der Waals surface area contributed by atoms with Gasteiger partial charge >= 0.3 is 0 Å². The molecule has 0 saturated heterocycles. The summed E-state index contributed by atoms with van der Waals surface area (Å²) in [5.41, 5.74) is 1.94. The van der Waals surface area contributed by atoms with Gasteiger partial charge in [-0.15, -0.1) is 11.3 Å². The Morgan fingerprint density at radius 3 is 2.81 bits per heavy atom. The van der Waals surface area contributed by atoms with E-state index in [1.54, 1.807) is 16.1 Å². The van der Waals surface area contributed by atoms with Crippen LogP contribution >= 0.6 is 11.3 Å². The maximum absolute atomic E-state index is 4.50. The topological polar surface area (TPSA) is 42.7 Å². The fraction of sp³-hybridized carbons (Fsp3) is 0.250. The molecule has 1 unspecified atom stereocenters. The van der Waals surface area contributed by atoms with Crippen molar-refractivity contribution in [3.63, 3.8) is 0 Å². The largest absolute Gasteiger partial charge is 0.308 e. The lowest BCUT2D eigenvalue weighted by atomic mass is 10.2. The number of aromatic nitrogens is 3. The average Bonchev–Trinajstić information content (AvgIpc) is 3.17. The van der Waals surface area contributed by atoms with Crippen molar-refractivity contribution < 1.29 is 0 Å². The SMILES string of the molecule is CC(Cc1cccs1)NCc1cnn(-c2ccccc2)n1. The molecule has 0 fully saturated rings. The summed E-state index contributed by atoms with van der Waals surface area (Å²) < 4.78 is 0. The Morgan fingerprint density at radius 1 is 1.19 bits per heavy atom. The standard InChI is InChI=1S/C16H18N4S/c1-13(10-16-8-5-9-21-16)17-11-14-12-18-20(19-14)15-6-3-2-4-7-15/h2-9,12-13,17H,10-11H2,1H3. The van der Waals surface area contributed by atoms with E-state index >= 15 is 0 Å². The number of hydrogen-bond donors (Lipinski definition) is 1. The zero-order valence-electron chi connectivity index (χ0n) is 11.9. The van der Waals surface area contributed by atoms with Crippen LogP contribution < -0.4 is 5.32 Å². The molecule has 0 saturated carbocycles. The Hall–Kier alpha value is -1.98. The fourth-order valence-corrected chi connectivity index (χ4v) is 2.98. The Balaban J connectivity index is 1.55. The summed E-state index contributed by atoms with van der Waals surface area (Å²) in [6, 6.07) is 14.6. The molecule has 0 spiro atoms. The number of para-hydroxylation sites is 1. The zero-order valence-corrected chi connectivity index (χ0v) is 12.8. The van der Waals surface area contributed by atoms with Crippen molar-refractivity contribution in [3.8, 4) is 5.69 Å². The number of benzene rings is 1. The molecule has 21 heavy (non-hydrogen) atoms. The first-order chi connectivity index (χ1) is 10.3. The normalized spacial score (nSPS) is 12.4. The molecule has 108 valence electrons. The first kappa shape index (κ1) is 14.0. The van der Waals surface area contributed by atoms with Gasteiger partial charge < -0.3 is 5.32 Å². The Labute approximate surface area is 128 Å². The van der Waals surface area contributed by atoms with Crippen molar-refractivity contribution in [2.24, 2.45) is 0 Å². The van der Waals surface area contributed by atoms with Gasteiger partial charge in [0.2, 0.25) is 0 Å². The number of nitrogens with one attached hydrogen (secondary N) is 1. The summed E-state index contributed by atoms with van der Waals surface area (Å²) in [6.07, 6.45) is 2.86. The molecule has 0 bridgehead atoms. The molecule has 5 heteroatoms. The van der Waals surface area contributed by atoms with Crippen LogP contribution in [0.25, 0.3) is 5.69 Å². The van der Waals surface area contributed by atoms with Gasteiger partial charge in [0.1, 0.15) is 0 Å². The highest BCUT2D eigenvalue weighted by molar-refractivity contribution is 7.09. The summed E-state index contributed by atoms with van der Waals surface area (Å²) in [6.45, 7) is 2.93.